The predicted octanol–water partition coefficient (Wildman–Crippen LogP) is 3.35. The van der Waals surface area contributed by atoms with Gasteiger partial charge in [0.1, 0.15) is 0 Å². The van der Waals surface area contributed by atoms with Gasteiger partial charge < -0.3 is 11.1 Å². The average molecular weight is 363 g/mol. The number of rotatable bonds is 6. The lowest BCUT2D eigenvalue weighted by atomic mass is 9.79. The first-order valence-corrected chi connectivity index (χ1v) is 9.48. The van der Waals surface area contributed by atoms with Crippen LogP contribution < -0.4 is 11.1 Å². The fourth-order valence-electron chi connectivity index (χ4n) is 3.64. The number of hydrogen-bond donors (Lipinski definition) is 2. The second-order valence-electron chi connectivity index (χ2n) is 7.40. The highest BCUT2D eigenvalue weighted by Gasteiger charge is 2.36. The average Bonchev–Trinajstić information content (AvgIpc) is 3.34. The Bertz CT molecular complexity index is 874. The van der Waals surface area contributed by atoms with E-state index in [1.165, 1.54) is 18.4 Å². The molecule has 2 saturated carbocycles. The van der Waals surface area contributed by atoms with Crippen molar-refractivity contribution in [2.24, 2.45) is 16.6 Å². The minimum absolute atomic E-state index is 0.0332. The number of benzene rings is 1. The van der Waals surface area contributed by atoms with Gasteiger partial charge in [-0.05, 0) is 61.4 Å². The van der Waals surface area contributed by atoms with Crippen molar-refractivity contribution in [1.29, 1.82) is 0 Å². The molecular formula is C21H25N5O. The van der Waals surface area contributed by atoms with Crippen molar-refractivity contribution < 1.29 is 4.79 Å². The maximum Gasteiger partial charge on any atom is 0.227 e. The highest BCUT2D eigenvalue weighted by molar-refractivity contribution is 5.94. The number of amides is 1. The van der Waals surface area contributed by atoms with Gasteiger partial charge in [-0.3, -0.25) is 14.5 Å². The smallest absolute Gasteiger partial charge is 0.227 e. The third-order valence-corrected chi connectivity index (χ3v) is 5.44. The predicted molar refractivity (Wildman–Crippen MR) is 108 cm³/mol. The Morgan fingerprint density at radius 2 is 2.19 bits per heavy atom. The van der Waals surface area contributed by atoms with Gasteiger partial charge in [-0.1, -0.05) is 6.07 Å². The van der Waals surface area contributed by atoms with Gasteiger partial charge in [-0.25, -0.2) is 0 Å². The molecule has 1 heterocycles. The standard InChI is InChI=1S/C21H25N5O/c1-23-9-7-20(22)19-13-16(5-6-18(19)14-3-4-14)25-21(27)15-11-17(12-15)26-10-2-8-24-26/h2,5-10,13-15,17H,3-4,11-12,22H2,1H3,(H,25,27)/b20-7-,23-9?. The molecule has 0 bridgehead atoms. The number of nitrogens with two attached hydrogens (primary N) is 1. The second-order valence-corrected chi connectivity index (χ2v) is 7.40. The van der Waals surface area contributed by atoms with Gasteiger partial charge in [-0.15, -0.1) is 0 Å². The summed E-state index contributed by atoms with van der Waals surface area (Å²) < 4.78 is 1.94. The van der Waals surface area contributed by atoms with Crippen LogP contribution in [0.25, 0.3) is 5.70 Å². The third kappa shape index (κ3) is 3.79. The monoisotopic (exact) mass is 363 g/mol. The van der Waals surface area contributed by atoms with E-state index in [0.717, 1.165) is 24.1 Å². The van der Waals surface area contributed by atoms with Crippen LogP contribution in [0.2, 0.25) is 0 Å². The van der Waals surface area contributed by atoms with Gasteiger partial charge in [-0.2, -0.15) is 5.10 Å². The van der Waals surface area contributed by atoms with Crippen molar-refractivity contribution in [3.63, 3.8) is 0 Å². The van der Waals surface area contributed by atoms with Crippen LogP contribution in [0, 0.1) is 5.92 Å². The van der Waals surface area contributed by atoms with E-state index in [1.807, 2.05) is 35.2 Å². The molecular weight excluding hydrogens is 338 g/mol. The molecule has 2 aliphatic carbocycles. The van der Waals surface area contributed by atoms with E-state index >= 15 is 0 Å². The van der Waals surface area contributed by atoms with Gasteiger partial charge >= 0.3 is 0 Å². The number of anilines is 1. The molecule has 1 aromatic heterocycles. The highest BCUT2D eigenvalue weighted by atomic mass is 16.1. The fraction of sp³-hybridized carbons (Fsp3) is 0.381. The minimum Gasteiger partial charge on any atom is -0.398 e. The molecule has 1 aromatic carbocycles. The first-order valence-electron chi connectivity index (χ1n) is 9.48. The number of hydrogen-bond acceptors (Lipinski definition) is 4. The summed E-state index contributed by atoms with van der Waals surface area (Å²) in [5, 5.41) is 7.32. The molecule has 4 rings (SSSR count). The molecule has 2 aromatic rings. The van der Waals surface area contributed by atoms with E-state index in [-0.39, 0.29) is 11.8 Å². The molecule has 6 nitrogen and oxygen atoms in total. The number of aliphatic imine (C=N–C) groups is 1. The summed E-state index contributed by atoms with van der Waals surface area (Å²) in [7, 11) is 1.72. The van der Waals surface area contributed by atoms with Crippen molar-refractivity contribution in [2.45, 2.75) is 37.6 Å². The maximum absolute atomic E-state index is 12.6. The molecule has 1 amide bonds. The molecule has 0 unspecified atom stereocenters. The quantitative estimate of drug-likeness (QED) is 0.772. The van der Waals surface area contributed by atoms with Crippen LogP contribution in [-0.2, 0) is 4.79 Å². The van der Waals surface area contributed by atoms with Gasteiger partial charge in [0.05, 0.1) is 6.04 Å². The third-order valence-electron chi connectivity index (χ3n) is 5.44. The summed E-state index contributed by atoms with van der Waals surface area (Å²) in [5.41, 5.74) is 10.00. The van der Waals surface area contributed by atoms with E-state index < -0.39 is 0 Å². The largest absolute Gasteiger partial charge is 0.398 e. The zero-order valence-corrected chi connectivity index (χ0v) is 15.5. The molecule has 2 aliphatic rings. The van der Waals surface area contributed by atoms with Crippen LogP contribution in [0.5, 0.6) is 0 Å². The first kappa shape index (κ1) is 17.5. The topological polar surface area (TPSA) is 85.3 Å². The first-order chi connectivity index (χ1) is 13.2. The summed E-state index contributed by atoms with van der Waals surface area (Å²) >= 11 is 0. The van der Waals surface area contributed by atoms with Crippen LogP contribution in [0.15, 0.2) is 47.7 Å². The summed E-state index contributed by atoms with van der Waals surface area (Å²) in [6, 6.07) is 8.32. The van der Waals surface area contributed by atoms with Gasteiger partial charge in [0.25, 0.3) is 0 Å². The molecule has 6 heteroatoms. The van der Waals surface area contributed by atoms with Crippen molar-refractivity contribution in [3.05, 3.63) is 53.9 Å². The van der Waals surface area contributed by atoms with Crippen LogP contribution in [-0.4, -0.2) is 28.9 Å². The molecule has 0 radical (unpaired) electrons. The fourth-order valence-corrected chi connectivity index (χ4v) is 3.64. The number of allylic oxidation sites excluding steroid dienone is 1. The lowest BCUT2D eigenvalue weighted by molar-refractivity contribution is -0.123. The Kier molecular flexibility index (Phi) is 4.79. The Morgan fingerprint density at radius 1 is 1.37 bits per heavy atom. The van der Waals surface area contributed by atoms with E-state index in [9.17, 15) is 4.79 Å². The maximum atomic E-state index is 12.6. The van der Waals surface area contributed by atoms with Crippen molar-refractivity contribution in [1.82, 2.24) is 9.78 Å². The molecule has 27 heavy (non-hydrogen) atoms. The minimum atomic E-state index is 0.0332. The molecule has 0 atom stereocenters. The van der Waals surface area contributed by atoms with E-state index in [1.54, 1.807) is 19.5 Å². The van der Waals surface area contributed by atoms with Crippen molar-refractivity contribution in [2.75, 3.05) is 12.4 Å². The molecule has 0 saturated heterocycles. The Labute approximate surface area is 159 Å². The summed E-state index contributed by atoms with van der Waals surface area (Å²) in [5.74, 6) is 0.684. The SMILES string of the molecule is CN=C/C=C(\N)c1cc(NC(=O)C2CC(n3cccn3)C2)ccc1C1CC1. The van der Waals surface area contributed by atoms with Crippen LogP contribution in [0.3, 0.4) is 0 Å². The molecule has 3 N–H and O–H groups in total. The zero-order chi connectivity index (χ0) is 18.8. The van der Waals surface area contributed by atoms with E-state index in [0.29, 0.717) is 17.7 Å². The number of carbonyl (C=O) groups is 1. The van der Waals surface area contributed by atoms with Crippen molar-refractivity contribution >= 4 is 23.5 Å². The Balaban J connectivity index is 1.45. The van der Waals surface area contributed by atoms with Crippen LogP contribution in [0.1, 0.15) is 48.8 Å². The Morgan fingerprint density at radius 3 is 2.85 bits per heavy atom. The van der Waals surface area contributed by atoms with Crippen molar-refractivity contribution in [3.8, 4) is 0 Å². The van der Waals surface area contributed by atoms with Crippen LogP contribution in [0.4, 0.5) is 5.69 Å². The van der Waals surface area contributed by atoms with Crippen LogP contribution >= 0.6 is 0 Å². The number of nitrogens with zero attached hydrogens (tertiary/aromatic N) is 3. The zero-order valence-electron chi connectivity index (χ0n) is 15.5. The Hall–Kier alpha value is -2.89. The lowest BCUT2D eigenvalue weighted by Crippen LogP contribution is -2.36. The number of carbonyl (C=O) groups excluding carboxylic acids is 1. The normalized spacial score (nSPS) is 22.6. The second kappa shape index (κ2) is 7.39. The van der Waals surface area contributed by atoms with Gasteiger partial charge in [0.15, 0.2) is 0 Å². The van der Waals surface area contributed by atoms with E-state index in [4.69, 9.17) is 5.73 Å². The summed E-state index contributed by atoms with van der Waals surface area (Å²) in [4.78, 5) is 16.6. The van der Waals surface area contributed by atoms with Gasteiger partial charge in [0.2, 0.25) is 5.91 Å². The molecule has 0 aliphatic heterocycles. The van der Waals surface area contributed by atoms with E-state index in [2.05, 4.69) is 21.5 Å². The molecule has 2 fully saturated rings. The molecule has 0 spiro atoms. The van der Waals surface area contributed by atoms with Gasteiger partial charge in [0, 0.05) is 48.5 Å². The summed E-state index contributed by atoms with van der Waals surface area (Å²) in [6.45, 7) is 0. The summed E-state index contributed by atoms with van der Waals surface area (Å²) in [6.07, 6.45) is 11.3. The number of aromatic nitrogens is 2. The highest BCUT2D eigenvalue weighted by Crippen LogP contribution is 2.43. The lowest BCUT2D eigenvalue weighted by Gasteiger charge is -2.34. The molecule has 140 valence electrons. The number of nitrogens with one attached hydrogen (secondary N) is 1.